The Labute approximate surface area is 56.4 Å². The molecule has 0 spiro atoms. The van der Waals surface area contributed by atoms with E-state index in [1.54, 1.807) is 6.20 Å². The maximum atomic E-state index is 10.8. The molecule has 0 saturated heterocycles. The molecule has 1 aliphatic rings. The second kappa shape index (κ2) is 1.73. The molecular weight excluding hydrogens is 132 g/mol. The number of H-pyrrole nitrogens is 1. The maximum absolute atomic E-state index is 10.8. The lowest BCUT2D eigenvalue weighted by Crippen LogP contribution is -2.19. The Balaban J connectivity index is 2.61. The predicted octanol–water partition coefficient (Wildman–Crippen LogP) is -0.489. The summed E-state index contributed by atoms with van der Waals surface area (Å²) in [5.74, 6) is 0.576. The van der Waals surface area contributed by atoms with Crippen molar-refractivity contribution in [2.75, 3.05) is 5.32 Å². The monoisotopic (exact) mass is 138 g/mol. The first-order valence-electron chi connectivity index (χ1n) is 2.95. The average Bonchev–Trinajstić information content (AvgIpc) is 2.34. The molecule has 2 rings (SSSR count). The van der Waals surface area contributed by atoms with Gasteiger partial charge in [0.25, 0.3) is 0 Å². The average molecular weight is 138 g/mol. The molecule has 2 heterocycles. The van der Waals surface area contributed by atoms with Crippen molar-refractivity contribution in [3.05, 3.63) is 22.8 Å². The molecule has 0 fully saturated rings. The normalized spacial score (nSPS) is 14.4. The summed E-state index contributed by atoms with van der Waals surface area (Å²) in [7, 11) is 0. The van der Waals surface area contributed by atoms with Gasteiger partial charge in [-0.05, 0) is 6.08 Å². The minimum Gasteiger partial charge on any atom is -0.331 e. The molecule has 1 aromatic heterocycles. The molecule has 1 aromatic rings. The van der Waals surface area contributed by atoms with Gasteiger partial charge < -0.3 is 5.32 Å². The molecule has 2 N–H and O–H groups in total. The number of nitrogens with one attached hydrogen (secondary N) is 2. The van der Waals surface area contributed by atoms with Crippen LogP contribution in [0.15, 0.2) is 17.1 Å². The first-order chi connectivity index (χ1) is 4.88. The Morgan fingerprint density at radius 3 is 3.40 bits per heavy atom. The van der Waals surface area contributed by atoms with Gasteiger partial charge in [0.1, 0.15) is 0 Å². The Bertz CT molecular complexity index is 321. The Morgan fingerprint density at radius 1 is 1.70 bits per heavy atom. The number of anilines is 1. The number of aromatic nitrogens is 3. The van der Waals surface area contributed by atoms with Crippen molar-refractivity contribution in [1.82, 2.24) is 14.8 Å². The van der Waals surface area contributed by atoms with Crippen LogP contribution in [-0.4, -0.2) is 14.8 Å². The van der Waals surface area contributed by atoms with E-state index < -0.39 is 0 Å². The molecule has 1 aliphatic heterocycles. The van der Waals surface area contributed by atoms with Gasteiger partial charge in [-0.25, -0.2) is 9.89 Å². The quantitative estimate of drug-likeness (QED) is 0.508. The van der Waals surface area contributed by atoms with E-state index in [1.807, 2.05) is 6.08 Å². The summed E-state index contributed by atoms with van der Waals surface area (Å²) in [5, 5.41) is 8.88. The van der Waals surface area contributed by atoms with E-state index in [0.29, 0.717) is 12.5 Å². The van der Waals surface area contributed by atoms with Gasteiger partial charge >= 0.3 is 5.69 Å². The molecule has 0 radical (unpaired) electrons. The summed E-state index contributed by atoms with van der Waals surface area (Å²) in [5.41, 5.74) is -0.174. The number of hydrogen-bond donors (Lipinski definition) is 2. The van der Waals surface area contributed by atoms with Gasteiger partial charge in [-0.3, -0.25) is 4.57 Å². The van der Waals surface area contributed by atoms with Gasteiger partial charge in [0.05, 0.1) is 6.54 Å². The standard InChI is InChI=1S/C5H6N4O/c10-5-8-7-4-6-2-1-3-9(4)5/h1-2H,3H2,(H,6,7)(H,8,10). The first kappa shape index (κ1) is 5.28. The van der Waals surface area contributed by atoms with Gasteiger partial charge in [-0.2, -0.15) is 0 Å². The molecule has 0 aromatic carbocycles. The fourth-order valence-electron chi connectivity index (χ4n) is 0.889. The third-order valence-corrected chi connectivity index (χ3v) is 1.38. The summed E-state index contributed by atoms with van der Waals surface area (Å²) < 4.78 is 1.51. The lowest BCUT2D eigenvalue weighted by Gasteiger charge is -2.05. The van der Waals surface area contributed by atoms with Crippen molar-refractivity contribution in [2.24, 2.45) is 0 Å². The lowest BCUT2D eigenvalue weighted by molar-refractivity contribution is 0.776. The number of hydrogen-bond acceptors (Lipinski definition) is 3. The van der Waals surface area contributed by atoms with Crippen LogP contribution in [0.2, 0.25) is 0 Å². The summed E-state index contributed by atoms with van der Waals surface area (Å²) in [6, 6.07) is 0. The van der Waals surface area contributed by atoms with Gasteiger partial charge in [0.2, 0.25) is 5.95 Å². The second-order valence-corrected chi connectivity index (χ2v) is 2.01. The lowest BCUT2D eigenvalue weighted by atomic mass is 10.5. The molecule has 0 amide bonds. The van der Waals surface area contributed by atoms with Crippen LogP contribution < -0.4 is 11.0 Å². The number of allylic oxidation sites excluding steroid dienone is 1. The van der Waals surface area contributed by atoms with Crippen molar-refractivity contribution in [2.45, 2.75) is 6.54 Å². The first-order valence-corrected chi connectivity index (χ1v) is 2.95. The van der Waals surface area contributed by atoms with Crippen LogP contribution in [0.5, 0.6) is 0 Å². The van der Waals surface area contributed by atoms with Gasteiger partial charge in [-0.1, -0.05) is 0 Å². The van der Waals surface area contributed by atoms with Gasteiger partial charge in [0, 0.05) is 6.20 Å². The molecule has 5 nitrogen and oxygen atoms in total. The molecule has 0 atom stereocenters. The van der Waals surface area contributed by atoms with Gasteiger partial charge in [-0.15, -0.1) is 5.10 Å². The summed E-state index contributed by atoms with van der Waals surface area (Å²) in [6.45, 7) is 0.595. The van der Waals surface area contributed by atoms with Crippen LogP contribution in [0.3, 0.4) is 0 Å². The molecule has 52 valence electrons. The van der Waals surface area contributed by atoms with E-state index >= 15 is 0 Å². The smallest absolute Gasteiger partial charge is 0.331 e. The highest BCUT2D eigenvalue weighted by molar-refractivity contribution is 5.31. The van der Waals surface area contributed by atoms with E-state index in [9.17, 15) is 4.79 Å². The highest BCUT2D eigenvalue weighted by atomic mass is 16.1. The number of aromatic amines is 1. The zero-order chi connectivity index (χ0) is 6.97. The molecular formula is C5H6N4O. The predicted molar refractivity (Wildman–Crippen MR) is 35.6 cm³/mol. The molecule has 0 aliphatic carbocycles. The van der Waals surface area contributed by atoms with Gasteiger partial charge in [0.15, 0.2) is 0 Å². The maximum Gasteiger partial charge on any atom is 0.345 e. The molecule has 5 heteroatoms. The molecule has 0 unspecified atom stereocenters. The third kappa shape index (κ3) is 0.570. The summed E-state index contributed by atoms with van der Waals surface area (Å²) >= 11 is 0. The van der Waals surface area contributed by atoms with Crippen molar-refractivity contribution in [3.8, 4) is 0 Å². The van der Waals surface area contributed by atoms with Crippen molar-refractivity contribution in [1.29, 1.82) is 0 Å². The van der Waals surface area contributed by atoms with Crippen LogP contribution in [0, 0.1) is 0 Å². The zero-order valence-electron chi connectivity index (χ0n) is 5.16. The number of fused-ring (bicyclic) bond motifs is 1. The van der Waals surface area contributed by atoms with Crippen molar-refractivity contribution < 1.29 is 0 Å². The minimum atomic E-state index is -0.174. The van der Waals surface area contributed by atoms with Crippen molar-refractivity contribution >= 4 is 5.95 Å². The Hall–Kier alpha value is -1.52. The van der Waals surface area contributed by atoms with Crippen LogP contribution in [-0.2, 0) is 6.54 Å². The SMILES string of the molecule is O=c1[nH]nc2n1CC=CN2. The van der Waals surface area contributed by atoms with Crippen LogP contribution in [0.4, 0.5) is 5.95 Å². The Morgan fingerprint density at radius 2 is 2.60 bits per heavy atom. The van der Waals surface area contributed by atoms with Crippen LogP contribution in [0.1, 0.15) is 0 Å². The van der Waals surface area contributed by atoms with Crippen molar-refractivity contribution in [3.63, 3.8) is 0 Å². The number of rotatable bonds is 0. The van der Waals surface area contributed by atoms with E-state index in [2.05, 4.69) is 15.5 Å². The molecule has 10 heavy (non-hydrogen) atoms. The second-order valence-electron chi connectivity index (χ2n) is 2.01. The van der Waals surface area contributed by atoms with E-state index in [4.69, 9.17) is 0 Å². The minimum absolute atomic E-state index is 0.174. The highest BCUT2D eigenvalue weighted by Crippen LogP contribution is 2.02. The van der Waals surface area contributed by atoms with Crippen LogP contribution >= 0.6 is 0 Å². The number of nitrogens with zero attached hydrogens (tertiary/aromatic N) is 2. The molecule has 0 saturated carbocycles. The zero-order valence-corrected chi connectivity index (χ0v) is 5.16. The summed E-state index contributed by atoms with van der Waals surface area (Å²) in [6.07, 6.45) is 3.61. The largest absolute Gasteiger partial charge is 0.345 e. The topological polar surface area (TPSA) is 62.7 Å². The fraction of sp³-hybridized carbons (Fsp3) is 0.200. The molecule has 0 bridgehead atoms. The van der Waals surface area contributed by atoms with E-state index in [-0.39, 0.29) is 5.69 Å². The third-order valence-electron chi connectivity index (χ3n) is 1.38. The van der Waals surface area contributed by atoms with E-state index in [1.165, 1.54) is 4.57 Å². The fourth-order valence-corrected chi connectivity index (χ4v) is 0.889. The Kier molecular flexibility index (Phi) is 0.913. The summed E-state index contributed by atoms with van der Waals surface area (Å²) in [4.78, 5) is 10.8. The highest BCUT2D eigenvalue weighted by Gasteiger charge is 2.06. The van der Waals surface area contributed by atoms with Crippen LogP contribution in [0.25, 0.3) is 0 Å². The van der Waals surface area contributed by atoms with E-state index in [0.717, 1.165) is 0 Å².